The largest absolute Gasteiger partial charge is 0.258 e. The molecule has 1 rings (SSSR count). The topological polar surface area (TPSA) is 24.1 Å². The lowest BCUT2D eigenvalue weighted by atomic mass is 10.1. The van der Waals surface area contributed by atoms with Crippen molar-refractivity contribution in [3.63, 3.8) is 0 Å². The maximum atomic E-state index is 12.6. The summed E-state index contributed by atoms with van der Waals surface area (Å²) in [5.74, 6) is -0.221. The fourth-order valence-corrected chi connectivity index (χ4v) is 1.08. The molecule has 1 aromatic rings. The Bertz CT molecular complexity index is 298. The summed E-state index contributed by atoms with van der Waals surface area (Å²) in [5, 5.41) is 0. The summed E-state index contributed by atoms with van der Waals surface area (Å²) < 4.78 is 12.6. The Morgan fingerprint density at radius 2 is 1.87 bits per heavy atom. The van der Waals surface area contributed by atoms with Gasteiger partial charge in [-0.15, -0.1) is 12.4 Å². The summed E-state index contributed by atoms with van der Waals surface area (Å²) in [4.78, 5) is 0. The summed E-state index contributed by atoms with van der Waals surface area (Å²) >= 11 is 0. The van der Waals surface area contributed by atoms with Crippen LogP contribution in [0.25, 0.3) is 5.57 Å². The van der Waals surface area contributed by atoms with Crippen LogP contribution in [0.3, 0.4) is 0 Å². The molecule has 1 aromatic carbocycles. The van der Waals surface area contributed by atoms with Crippen LogP contribution >= 0.6 is 12.4 Å². The van der Waals surface area contributed by atoms with Crippen LogP contribution in [-0.2, 0) is 0 Å². The zero-order chi connectivity index (χ0) is 10.4. The molecule has 0 spiro atoms. The van der Waals surface area contributed by atoms with E-state index in [0.717, 1.165) is 17.7 Å². The van der Waals surface area contributed by atoms with Gasteiger partial charge in [0, 0.05) is 13.1 Å². The molecule has 0 aliphatic heterocycles. The maximum Gasteiger partial charge on any atom is 0.123 e. The van der Waals surface area contributed by atoms with Gasteiger partial charge in [0.1, 0.15) is 5.82 Å². The highest BCUT2D eigenvalue weighted by molar-refractivity contribution is 5.85. The minimum atomic E-state index is -0.221. The molecule has 2 N–H and O–H groups in total. The second kappa shape index (κ2) is 7.40. The van der Waals surface area contributed by atoms with Crippen molar-refractivity contribution in [2.75, 3.05) is 13.1 Å². The number of hydrazine groups is 1. The van der Waals surface area contributed by atoms with Gasteiger partial charge < -0.3 is 0 Å². The molecular weight excluding hydrogens is 215 g/mol. The van der Waals surface area contributed by atoms with E-state index in [9.17, 15) is 4.39 Å². The van der Waals surface area contributed by atoms with Crippen molar-refractivity contribution < 1.29 is 4.39 Å². The molecule has 0 bridgehead atoms. The van der Waals surface area contributed by atoms with Gasteiger partial charge in [0.15, 0.2) is 0 Å². The van der Waals surface area contributed by atoms with Crippen molar-refractivity contribution in [3.8, 4) is 0 Å². The van der Waals surface area contributed by atoms with Gasteiger partial charge in [0.2, 0.25) is 0 Å². The smallest absolute Gasteiger partial charge is 0.123 e. The molecule has 0 fully saturated rings. The van der Waals surface area contributed by atoms with E-state index in [1.54, 1.807) is 12.1 Å². The standard InChI is InChI=1S/C11H15FN2.ClH/c1-3-13-14-8-9(2)10-4-6-11(12)7-5-10;/h4-7,13-14H,2-3,8H2,1H3;1H. The van der Waals surface area contributed by atoms with Crippen LogP contribution in [0.15, 0.2) is 30.8 Å². The first-order chi connectivity index (χ1) is 6.74. The van der Waals surface area contributed by atoms with Gasteiger partial charge in [-0.05, 0) is 23.3 Å². The third kappa shape index (κ3) is 4.93. The Labute approximate surface area is 96.0 Å². The number of rotatable bonds is 5. The lowest BCUT2D eigenvalue weighted by molar-refractivity contribution is 0.595. The minimum absolute atomic E-state index is 0. The van der Waals surface area contributed by atoms with E-state index >= 15 is 0 Å². The molecule has 0 amide bonds. The Balaban J connectivity index is 0.00000196. The summed E-state index contributed by atoms with van der Waals surface area (Å²) in [6.45, 7) is 7.42. The van der Waals surface area contributed by atoms with Crippen LogP contribution in [0.4, 0.5) is 4.39 Å². The molecule has 2 nitrogen and oxygen atoms in total. The summed E-state index contributed by atoms with van der Waals surface area (Å²) in [6.07, 6.45) is 0. The first kappa shape index (κ1) is 14.1. The van der Waals surface area contributed by atoms with Crippen molar-refractivity contribution in [1.29, 1.82) is 0 Å². The highest BCUT2D eigenvalue weighted by Gasteiger charge is 1.97. The lowest BCUT2D eigenvalue weighted by Crippen LogP contribution is -2.32. The second-order valence-corrected chi connectivity index (χ2v) is 2.99. The lowest BCUT2D eigenvalue weighted by Gasteiger charge is -2.07. The molecule has 0 aromatic heterocycles. The Morgan fingerprint density at radius 3 is 2.40 bits per heavy atom. The van der Waals surface area contributed by atoms with E-state index in [-0.39, 0.29) is 18.2 Å². The van der Waals surface area contributed by atoms with Crippen molar-refractivity contribution in [2.24, 2.45) is 0 Å². The van der Waals surface area contributed by atoms with E-state index < -0.39 is 0 Å². The monoisotopic (exact) mass is 230 g/mol. The van der Waals surface area contributed by atoms with Crippen molar-refractivity contribution in [2.45, 2.75) is 6.92 Å². The van der Waals surface area contributed by atoms with E-state index in [1.807, 2.05) is 6.92 Å². The van der Waals surface area contributed by atoms with Crippen LogP contribution in [-0.4, -0.2) is 13.1 Å². The zero-order valence-corrected chi connectivity index (χ0v) is 9.53. The van der Waals surface area contributed by atoms with E-state index in [2.05, 4.69) is 17.4 Å². The van der Waals surface area contributed by atoms with Crippen LogP contribution in [0, 0.1) is 5.82 Å². The molecule has 0 aliphatic rings. The third-order valence-corrected chi connectivity index (χ3v) is 1.86. The van der Waals surface area contributed by atoms with Crippen molar-refractivity contribution in [3.05, 3.63) is 42.2 Å². The van der Waals surface area contributed by atoms with Gasteiger partial charge in [-0.2, -0.15) is 0 Å². The summed E-state index contributed by atoms with van der Waals surface area (Å²) in [6, 6.07) is 6.33. The molecule has 0 aliphatic carbocycles. The predicted molar refractivity (Wildman–Crippen MR) is 64.4 cm³/mol. The number of hydrogen-bond acceptors (Lipinski definition) is 2. The summed E-state index contributed by atoms with van der Waals surface area (Å²) in [5.41, 5.74) is 7.87. The maximum absolute atomic E-state index is 12.6. The fraction of sp³-hybridized carbons (Fsp3) is 0.273. The number of benzene rings is 1. The van der Waals surface area contributed by atoms with Crippen molar-refractivity contribution >= 4 is 18.0 Å². The molecule has 0 heterocycles. The average molecular weight is 231 g/mol. The molecule has 0 saturated heterocycles. The van der Waals surface area contributed by atoms with Crippen LogP contribution in [0.5, 0.6) is 0 Å². The summed E-state index contributed by atoms with van der Waals surface area (Å²) in [7, 11) is 0. The zero-order valence-electron chi connectivity index (χ0n) is 8.72. The molecule has 15 heavy (non-hydrogen) atoms. The molecule has 4 heteroatoms. The average Bonchev–Trinajstić information content (AvgIpc) is 2.19. The van der Waals surface area contributed by atoms with Gasteiger partial charge in [-0.1, -0.05) is 25.6 Å². The van der Waals surface area contributed by atoms with E-state index in [1.165, 1.54) is 12.1 Å². The van der Waals surface area contributed by atoms with Crippen LogP contribution in [0.2, 0.25) is 0 Å². The Hall–Kier alpha value is -0.900. The SMILES string of the molecule is C=C(CNNCC)c1ccc(F)cc1.Cl. The van der Waals surface area contributed by atoms with Gasteiger partial charge in [0.05, 0.1) is 0 Å². The highest BCUT2D eigenvalue weighted by Crippen LogP contribution is 2.11. The second-order valence-electron chi connectivity index (χ2n) is 2.99. The molecule has 0 unspecified atom stereocenters. The molecule has 0 saturated carbocycles. The van der Waals surface area contributed by atoms with E-state index in [4.69, 9.17) is 0 Å². The molecular formula is C11H16ClFN2. The third-order valence-electron chi connectivity index (χ3n) is 1.86. The Morgan fingerprint density at radius 1 is 1.27 bits per heavy atom. The van der Waals surface area contributed by atoms with Gasteiger partial charge in [-0.25, -0.2) is 4.39 Å². The first-order valence-electron chi connectivity index (χ1n) is 4.63. The van der Waals surface area contributed by atoms with Gasteiger partial charge >= 0.3 is 0 Å². The van der Waals surface area contributed by atoms with Crippen LogP contribution < -0.4 is 10.9 Å². The minimum Gasteiger partial charge on any atom is -0.258 e. The first-order valence-corrected chi connectivity index (χ1v) is 4.63. The van der Waals surface area contributed by atoms with Crippen molar-refractivity contribution in [1.82, 2.24) is 10.9 Å². The highest BCUT2D eigenvalue weighted by atomic mass is 35.5. The molecule has 0 atom stereocenters. The van der Waals surface area contributed by atoms with E-state index in [0.29, 0.717) is 6.54 Å². The normalized spacial score (nSPS) is 9.47. The fourth-order valence-electron chi connectivity index (χ4n) is 1.08. The predicted octanol–water partition coefficient (Wildman–Crippen LogP) is 2.37. The van der Waals surface area contributed by atoms with Crippen LogP contribution in [0.1, 0.15) is 12.5 Å². The molecule has 0 radical (unpaired) electrons. The van der Waals surface area contributed by atoms with Gasteiger partial charge in [-0.3, -0.25) is 10.9 Å². The number of halogens is 2. The quantitative estimate of drug-likeness (QED) is 0.600. The number of nitrogens with one attached hydrogen (secondary N) is 2. The Kier molecular flexibility index (Phi) is 6.96. The molecule has 84 valence electrons. The van der Waals surface area contributed by atoms with Gasteiger partial charge in [0.25, 0.3) is 0 Å². The number of hydrogen-bond donors (Lipinski definition) is 2.